The van der Waals surface area contributed by atoms with Crippen molar-refractivity contribution in [1.29, 1.82) is 0 Å². The van der Waals surface area contributed by atoms with Crippen LogP contribution in [0.5, 0.6) is 0 Å². The maximum Gasteiger partial charge on any atom is 0.336 e. The maximum absolute atomic E-state index is 11.7. The van der Waals surface area contributed by atoms with E-state index in [1.807, 2.05) is 0 Å². The summed E-state index contributed by atoms with van der Waals surface area (Å²) in [5.74, 6) is 0. The standard InChI is InChI=1S/C11H11NO4S/c1-2-12-17(14,15)9-4-5-10-8(7-9)3-6-11(13)16-10/h3-7,12H,2H2,1H3. The van der Waals surface area contributed by atoms with Gasteiger partial charge in [-0.15, -0.1) is 0 Å². The summed E-state index contributed by atoms with van der Waals surface area (Å²) < 4.78 is 30.8. The van der Waals surface area contributed by atoms with Crippen LogP contribution in [0.4, 0.5) is 0 Å². The molecule has 0 radical (unpaired) electrons. The zero-order valence-corrected chi connectivity index (χ0v) is 9.95. The van der Waals surface area contributed by atoms with Crippen molar-refractivity contribution in [1.82, 2.24) is 4.72 Å². The van der Waals surface area contributed by atoms with Crippen molar-refractivity contribution in [2.24, 2.45) is 0 Å². The van der Waals surface area contributed by atoms with Gasteiger partial charge in [0.2, 0.25) is 10.0 Å². The molecule has 0 spiro atoms. The Kier molecular flexibility index (Phi) is 2.99. The third-order valence-electron chi connectivity index (χ3n) is 2.24. The van der Waals surface area contributed by atoms with Gasteiger partial charge in [0.15, 0.2) is 0 Å². The lowest BCUT2D eigenvalue weighted by Gasteiger charge is -2.04. The van der Waals surface area contributed by atoms with Gasteiger partial charge in [0.05, 0.1) is 4.90 Å². The van der Waals surface area contributed by atoms with Crippen LogP contribution >= 0.6 is 0 Å². The average molecular weight is 253 g/mol. The summed E-state index contributed by atoms with van der Waals surface area (Å²) in [5, 5.41) is 0.573. The predicted molar refractivity (Wildman–Crippen MR) is 63.3 cm³/mol. The molecule has 0 aliphatic carbocycles. The highest BCUT2D eigenvalue weighted by molar-refractivity contribution is 7.89. The molecule has 0 atom stereocenters. The predicted octanol–water partition coefficient (Wildman–Crippen LogP) is 1.09. The number of hydrogen-bond donors (Lipinski definition) is 1. The quantitative estimate of drug-likeness (QED) is 0.831. The summed E-state index contributed by atoms with van der Waals surface area (Å²) in [6, 6.07) is 7.14. The van der Waals surface area contributed by atoms with Crippen LogP contribution in [0.3, 0.4) is 0 Å². The zero-order valence-electron chi connectivity index (χ0n) is 9.14. The minimum Gasteiger partial charge on any atom is -0.423 e. The smallest absolute Gasteiger partial charge is 0.336 e. The molecule has 90 valence electrons. The van der Waals surface area contributed by atoms with E-state index in [0.29, 0.717) is 17.5 Å². The fourth-order valence-corrected chi connectivity index (χ4v) is 2.57. The van der Waals surface area contributed by atoms with Gasteiger partial charge in [0.25, 0.3) is 0 Å². The summed E-state index contributed by atoms with van der Waals surface area (Å²) in [6.45, 7) is 2.03. The van der Waals surface area contributed by atoms with E-state index < -0.39 is 15.6 Å². The molecule has 0 aliphatic rings. The van der Waals surface area contributed by atoms with Gasteiger partial charge in [-0.2, -0.15) is 0 Å². The van der Waals surface area contributed by atoms with Crippen LogP contribution in [0.2, 0.25) is 0 Å². The second kappa shape index (κ2) is 4.31. The largest absolute Gasteiger partial charge is 0.423 e. The molecule has 5 nitrogen and oxygen atoms in total. The Bertz CT molecular complexity index is 703. The van der Waals surface area contributed by atoms with Crippen LogP contribution in [0, 0.1) is 0 Å². The fraction of sp³-hybridized carbons (Fsp3) is 0.182. The Labute approximate surface area is 98.1 Å². The van der Waals surface area contributed by atoms with Gasteiger partial charge in [-0.05, 0) is 24.3 Å². The third kappa shape index (κ3) is 2.37. The van der Waals surface area contributed by atoms with E-state index in [4.69, 9.17) is 4.42 Å². The SMILES string of the molecule is CCNS(=O)(=O)c1ccc2oc(=O)ccc2c1. The van der Waals surface area contributed by atoms with Gasteiger partial charge in [-0.1, -0.05) is 6.92 Å². The van der Waals surface area contributed by atoms with E-state index in [9.17, 15) is 13.2 Å². The molecule has 0 fully saturated rings. The lowest BCUT2D eigenvalue weighted by molar-refractivity contribution is 0.560. The average Bonchev–Trinajstić information content (AvgIpc) is 2.28. The second-order valence-electron chi connectivity index (χ2n) is 3.46. The second-order valence-corrected chi connectivity index (χ2v) is 5.22. The molecule has 0 saturated heterocycles. The lowest BCUT2D eigenvalue weighted by atomic mass is 10.2. The fourth-order valence-electron chi connectivity index (χ4n) is 1.49. The lowest BCUT2D eigenvalue weighted by Crippen LogP contribution is -2.23. The minimum absolute atomic E-state index is 0.153. The number of rotatable bonds is 3. The van der Waals surface area contributed by atoms with Crippen LogP contribution in [0.25, 0.3) is 11.0 Å². The van der Waals surface area contributed by atoms with Gasteiger partial charge >= 0.3 is 5.63 Å². The summed E-state index contributed by atoms with van der Waals surface area (Å²) in [7, 11) is -3.48. The van der Waals surface area contributed by atoms with Gasteiger partial charge in [0.1, 0.15) is 5.58 Å². The van der Waals surface area contributed by atoms with Gasteiger partial charge in [0, 0.05) is 18.0 Å². The molecule has 0 aliphatic heterocycles. The number of hydrogen-bond acceptors (Lipinski definition) is 4. The number of benzene rings is 1. The molecule has 0 bridgehead atoms. The first kappa shape index (κ1) is 11.8. The Morgan fingerprint density at radius 1 is 1.24 bits per heavy atom. The molecule has 1 aromatic heterocycles. The highest BCUT2D eigenvalue weighted by Crippen LogP contribution is 2.17. The van der Waals surface area contributed by atoms with E-state index in [-0.39, 0.29) is 4.90 Å². The number of fused-ring (bicyclic) bond motifs is 1. The van der Waals surface area contributed by atoms with Crippen molar-refractivity contribution in [2.45, 2.75) is 11.8 Å². The molecular formula is C11H11NO4S. The molecule has 2 aromatic rings. The molecule has 0 saturated carbocycles. The maximum atomic E-state index is 11.7. The first-order chi connectivity index (χ1) is 8.03. The molecular weight excluding hydrogens is 242 g/mol. The topological polar surface area (TPSA) is 76.4 Å². The van der Waals surface area contributed by atoms with Gasteiger partial charge < -0.3 is 4.42 Å². The van der Waals surface area contributed by atoms with Crippen molar-refractivity contribution < 1.29 is 12.8 Å². The summed E-state index contributed by atoms with van der Waals surface area (Å²) in [5.41, 5.74) is -0.0901. The van der Waals surface area contributed by atoms with Crippen molar-refractivity contribution in [2.75, 3.05) is 6.54 Å². The highest BCUT2D eigenvalue weighted by Gasteiger charge is 2.13. The first-order valence-corrected chi connectivity index (χ1v) is 6.55. The molecule has 0 amide bonds. The molecule has 1 N–H and O–H groups in total. The molecule has 6 heteroatoms. The molecule has 2 rings (SSSR count). The van der Waals surface area contributed by atoms with E-state index in [1.54, 1.807) is 6.92 Å². The van der Waals surface area contributed by atoms with Crippen molar-refractivity contribution in [3.05, 3.63) is 40.8 Å². The molecule has 1 aromatic carbocycles. The Hall–Kier alpha value is -1.66. The Balaban J connectivity index is 2.60. The molecule has 1 heterocycles. The van der Waals surface area contributed by atoms with E-state index >= 15 is 0 Å². The van der Waals surface area contributed by atoms with Crippen LogP contribution in [-0.4, -0.2) is 15.0 Å². The van der Waals surface area contributed by atoms with E-state index in [0.717, 1.165) is 0 Å². The van der Waals surface area contributed by atoms with Gasteiger partial charge in [-0.3, -0.25) is 0 Å². The number of nitrogens with one attached hydrogen (secondary N) is 1. The van der Waals surface area contributed by atoms with Crippen LogP contribution in [0.1, 0.15) is 6.92 Å². The molecule has 17 heavy (non-hydrogen) atoms. The summed E-state index contributed by atoms with van der Waals surface area (Å²) in [6.07, 6.45) is 0. The zero-order chi connectivity index (χ0) is 12.5. The monoisotopic (exact) mass is 253 g/mol. The van der Waals surface area contributed by atoms with Crippen molar-refractivity contribution in [3.8, 4) is 0 Å². The van der Waals surface area contributed by atoms with Crippen LogP contribution in [0.15, 0.2) is 44.4 Å². The van der Waals surface area contributed by atoms with Crippen molar-refractivity contribution >= 4 is 21.0 Å². The van der Waals surface area contributed by atoms with Crippen LogP contribution in [-0.2, 0) is 10.0 Å². The van der Waals surface area contributed by atoms with Crippen LogP contribution < -0.4 is 10.3 Å². The number of sulfonamides is 1. The van der Waals surface area contributed by atoms with Crippen molar-refractivity contribution in [3.63, 3.8) is 0 Å². The third-order valence-corrected chi connectivity index (χ3v) is 3.78. The van der Waals surface area contributed by atoms with Gasteiger partial charge in [-0.25, -0.2) is 17.9 Å². The minimum atomic E-state index is -3.48. The molecule has 0 unspecified atom stereocenters. The van der Waals surface area contributed by atoms with E-state index in [1.165, 1.54) is 30.3 Å². The highest BCUT2D eigenvalue weighted by atomic mass is 32.2. The van der Waals surface area contributed by atoms with E-state index in [2.05, 4.69) is 4.72 Å². The Morgan fingerprint density at radius 2 is 2.00 bits per heavy atom. The first-order valence-electron chi connectivity index (χ1n) is 5.06. The summed E-state index contributed by atoms with van der Waals surface area (Å²) >= 11 is 0. The Morgan fingerprint density at radius 3 is 2.71 bits per heavy atom. The summed E-state index contributed by atoms with van der Waals surface area (Å²) in [4.78, 5) is 11.1. The normalized spacial score (nSPS) is 11.8.